The highest BCUT2D eigenvalue weighted by Gasteiger charge is 2.45. The molecule has 3 rings (SSSR count). The first kappa shape index (κ1) is 23.5. The van der Waals surface area contributed by atoms with Crippen LogP contribution in [-0.4, -0.2) is 65.4 Å². The summed E-state index contributed by atoms with van der Waals surface area (Å²) >= 11 is 0. The van der Waals surface area contributed by atoms with E-state index in [1.807, 2.05) is 25.9 Å². The number of aryl methyl sites for hydroxylation is 1. The average Bonchev–Trinajstić information content (AvgIpc) is 3.01. The number of carbonyl (C=O) groups is 2. The lowest BCUT2D eigenvalue weighted by Crippen LogP contribution is -2.35. The van der Waals surface area contributed by atoms with E-state index in [-0.39, 0.29) is 11.3 Å². The van der Waals surface area contributed by atoms with Crippen molar-refractivity contribution < 1.29 is 19.4 Å². The van der Waals surface area contributed by atoms with E-state index in [0.717, 1.165) is 16.9 Å². The van der Waals surface area contributed by atoms with Crippen molar-refractivity contribution in [2.45, 2.75) is 26.8 Å². The summed E-state index contributed by atoms with van der Waals surface area (Å²) in [5.74, 6) is -0.353. The minimum Gasteiger partial charge on any atom is -0.507 e. The van der Waals surface area contributed by atoms with Crippen LogP contribution in [0.4, 0.5) is 0 Å². The molecule has 2 aromatic rings. The predicted octanol–water partition coefficient (Wildman–Crippen LogP) is 3.41. The van der Waals surface area contributed by atoms with Crippen LogP contribution in [0.3, 0.4) is 0 Å². The summed E-state index contributed by atoms with van der Waals surface area (Å²) in [7, 11) is 3.81. The molecule has 1 aromatic heterocycles. The minimum absolute atomic E-state index is 0.0928. The van der Waals surface area contributed by atoms with E-state index in [1.54, 1.807) is 42.7 Å². The van der Waals surface area contributed by atoms with Crippen molar-refractivity contribution in [3.8, 4) is 5.75 Å². The van der Waals surface area contributed by atoms with Gasteiger partial charge < -0.3 is 19.6 Å². The minimum atomic E-state index is -0.680. The molecule has 0 spiro atoms. The van der Waals surface area contributed by atoms with Crippen molar-refractivity contribution in [3.63, 3.8) is 0 Å². The van der Waals surface area contributed by atoms with Gasteiger partial charge in [0.05, 0.1) is 18.2 Å². The fourth-order valence-electron chi connectivity index (χ4n) is 3.68. The van der Waals surface area contributed by atoms with Gasteiger partial charge in [0.1, 0.15) is 11.5 Å². The van der Waals surface area contributed by atoms with Crippen molar-refractivity contribution in [3.05, 3.63) is 65.0 Å². The summed E-state index contributed by atoms with van der Waals surface area (Å²) in [5, 5.41) is 11.2. The van der Waals surface area contributed by atoms with Gasteiger partial charge in [-0.05, 0) is 68.4 Å². The Bertz CT molecular complexity index is 1020. The molecule has 1 N–H and O–H groups in total. The van der Waals surface area contributed by atoms with Crippen LogP contribution in [0.1, 0.15) is 36.6 Å². The zero-order valence-electron chi connectivity index (χ0n) is 19.3. The fraction of sp³-hybridized carbons (Fsp3) is 0.400. The lowest BCUT2D eigenvalue weighted by Gasteiger charge is -2.26. The number of aromatic nitrogens is 1. The Kier molecular flexibility index (Phi) is 7.30. The normalized spacial score (nSPS) is 18.1. The van der Waals surface area contributed by atoms with Gasteiger partial charge >= 0.3 is 0 Å². The summed E-state index contributed by atoms with van der Waals surface area (Å²) in [6, 6.07) is 8.14. The zero-order valence-corrected chi connectivity index (χ0v) is 19.3. The van der Waals surface area contributed by atoms with Crippen molar-refractivity contribution >= 4 is 17.4 Å². The zero-order chi connectivity index (χ0) is 23.4. The summed E-state index contributed by atoms with van der Waals surface area (Å²) in [6.07, 6.45) is 3.23. The lowest BCUT2D eigenvalue weighted by molar-refractivity contribution is -0.140. The van der Waals surface area contributed by atoms with Crippen molar-refractivity contribution in [1.29, 1.82) is 0 Å². The number of amides is 1. The molecule has 0 aliphatic carbocycles. The second-order valence-corrected chi connectivity index (χ2v) is 8.76. The van der Waals surface area contributed by atoms with Crippen LogP contribution in [-0.2, 0) is 9.59 Å². The number of pyridine rings is 1. The van der Waals surface area contributed by atoms with Gasteiger partial charge in [-0.3, -0.25) is 14.6 Å². The van der Waals surface area contributed by atoms with Crippen LogP contribution in [0, 0.1) is 12.8 Å². The van der Waals surface area contributed by atoms with Gasteiger partial charge in [-0.1, -0.05) is 13.8 Å². The van der Waals surface area contributed by atoms with Crippen molar-refractivity contribution in [1.82, 2.24) is 14.8 Å². The van der Waals surface area contributed by atoms with Crippen LogP contribution in [0.25, 0.3) is 5.76 Å². The fourth-order valence-corrected chi connectivity index (χ4v) is 3.68. The highest BCUT2D eigenvalue weighted by molar-refractivity contribution is 6.46. The molecule has 32 heavy (non-hydrogen) atoms. The first-order valence-electron chi connectivity index (χ1n) is 10.8. The van der Waals surface area contributed by atoms with E-state index < -0.39 is 17.7 Å². The molecule has 1 amide bonds. The molecule has 1 aromatic carbocycles. The number of aliphatic hydroxyl groups excluding tert-OH is 1. The number of hydrogen-bond donors (Lipinski definition) is 1. The van der Waals surface area contributed by atoms with E-state index in [9.17, 15) is 14.7 Å². The largest absolute Gasteiger partial charge is 0.507 e. The molecule has 1 aliphatic rings. The standard InChI is InChI=1S/C25H31N3O4/c1-16(2)15-32-20-7-6-19(14-17(20)3)23(29)21-22(18-8-10-26-11-9-18)28(13-12-27(4)5)25(31)24(21)30/h6-11,14,16,22,29H,12-13,15H2,1-5H3/t22-/m0/s1. The molecule has 1 fully saturated rings. The number of aliphatic hydroxyl groups is 1. The molecular formula is C25H31N3O4. The predicted molar refractivity (Wildman–Crippen MR) is 123 cm³/mol. The first-order valence-corrected chi connectivity index (χ1v) is 10.8. The van der Waals surface area contributed by atoms with E-state index in [1.165, 1.54) is 4.90 Å². The van der Waals surface area contributed by atoms with E-state index >= 15 is 0 Å². The number of nitrogens with zero attached hydrogens (tertiary/aromatic N) is 3. The molecule has 1 atom stereocenters. The Morgan fingerprint density at radius 2 is 1.88 bits per heavy atom. The van der Waals surface area contributed by atoms with Gasteiger partial charge in [-0.25, -0.2) is 0 Å². The molecule has 0 bridgehead atoms. The maximum atomic E-state index is 13.0. The summed E-state index contributed by atoms with van der Waals surface area (Å²) in [6.45, 7) is 7.58. The van der Waals surface area contributed by atoms with Gasteiger partial charge in [0.2, 0.25) is 0 Å². The summed E-state index contributed by atoms with van der Waals surface area (Å²) < 4.78 is 5.82. The third kappa shape index (κ3) is 4.99. The number of ether oxygens (including phenoxy) is 1. The summed E-state index contributed by atoms with van der Waals surface area (Å²) in [4.78, 5) is 33.4. The molecule has 0 unspecified atom stereocenters. The van der Waals surface area contributed by atoms with Crippen LogP contribution < -0.4 is 4.74 Å². The Hall–Kier alpha value is -3.19. The molecule has 1 aliphatic heterocycles. The van der Waals surface area contributed by atoms with Gasteiger partial charge in [-0.2, -0.15) is 0 Å². The van der Waals surface area contributed by atoms with Crippen LogP contribution in [0.15, 0.2) is 48.3 Å². The second-order valence-electron chi connectivity index (χ2n) is 8.76. The highest BCUT2D eigenvalue weighted by atomic mass is 16.5. The highest BCUT2D eigenvalue weighted by Crippen LogP contribution is 2.39. The first-order chi connectivity index (χ1) is 15.2. The molecule has 7 nitrogen and oxygen atoms in total. The van der Waals surface area contributed by atoms with Crippen LogP contribution in [0.5, 0.6) is 5.75 Å². The van der Waals surface area contributed by atoms with E-state index in [4.69, 9.17) is 4.74 Å². The van der Waals surface area contributed by atoms with Crippen LogP contribution >= 0.6 is 0 Å². The maximum Gasteiger partial charge on any atom is 0.295 e. The Labute approximate surface area is 189 Å². The number of likely N-dealkylation sites (tertiary alicyclic amines) is 1. The van der Waals surface area contributed by atoms with Gasteiger partial charge in [0, 0.05) is 31.0 Å². The second kappa shape index (κ2) is 9.96. The lowest BCUT2D eigenvalue weighted by atomic mass is 9.95. The molecular weight excluding hydrogens is 406 g/mol. The average molecular weight is 438 g/mol. The number of rotatable bonds is 8. The molecule has 7 heteroatoms. The number of ketones is 1. The van der Waals surface area contributed by atoms with Gasteiger partial charge in [0.25, 0.3) is 11.7 Å². The SMILES string of the molecule is Cc1cc(C(O)=C2C(=O)C(=O)N(CCN(C)C)[C@H]2c2ccncc2)ccc1OCC(C)C. The number of Topliss-reactive ketones (excluding diaryl/α,β-unsaturated/α-hetero) is 1. The number of benzene rings is 1. The number of carbonyl (C=O) groups excluding carboxylic acids is 2. The van der Waals surface area contributed by atoms with E-state index in [2.05, 4.69) is 18.8 Å². The van der Waals surface area contributed by atoms with Crippen molar-refractivity contribution in [2.75, 3.05) is 33.8 Å². The molecule has 0 saturated carbocycles. The third-order valence-electron chi connectivity index (χ3n) is 5.37. The Morgan fingerprint density at radius 1 is 1.19 bits per heavy atom. The number of likely N-dealkylation sites (N-methyl/N-ethyl adjacent to an activating group) is 1. The van der Waals surface area contributed by atoms with E-state index in [0.29, 0.717) is 31.2 Å². The summed E-state index contributed by atoms with van der Waals surface area (Å²) in [5.41, 5.74) is 2.14. The van der Waals surface area contributed by atoms with Gasteiger partial charge in [0.15, 0.2) is 0 Å². The monoisotopic (exact) mass is 437 g/mol. The molecule has 1 saturated heterocycles. The Balaban J connectivity index is 2.05. The smallest absolute Gasteiger partial charge is 0.295 e. The maximum absolute atomic E-state index is 13.0. The molecule has 170 valence electrons. The molecule has 2 heterocycles. The number of hydrogen-bond acceptors (Lipinski definition) is 6. The quantitative estimate of drug-likeness (QED) is 0.387. The van der Waals surface area contributed by atoms with Crippen LogP contribution in [0.2, 0.25) is 0 Å². The third-order valence-corrected chi connectivity index (χ3v) is 5.37. The van der Waals surface area contributed by atoms with Crippen molar-refractivity contribution in [2.24, 2.45) is 5.92 Å². The van der Waals surface area contributed by atoms with Gasteiger partial charge in [-0.15, -0.1) is 0 Å². The topological polar surface area (TPSA) is 83.0 Å². The molecule has 0 radical (unpaired) electrons. The Morgan fingerprint density at radius 3 is 2.47 bits per heavy atom.